The maximum atomic E-state index is 13.3. The molecule has 0 radical (unpaired) electrons. The predicted octanol–water partition coefficient (Wildman–Crippen LogP) is 1.74. The summed E-state index contributed by atoms with van der Waals surface area (Å²) in [6.07, 6.45) is -0.664. The van der Waals surface area contributed by atoms with Crippen LogP contribution >= 0.6 is 0 Å². The van der Waals surface area contributed by atoms with Gasteiger partial charge in [-0.25, -0.2) is 4.39 Å². The van der Waals surface area contributed by atoms with E-state index in [1.807, 2.05) is 6.07 Å². The van der Waals surface area contributed by atoms with E-state index < -0.39 is 12.1 Å². The molecular weight excluding hydrogens is 185 g/mol. The third kappa shape index (κ3) is 1.60. The predicted molar refractivity (Wildman–Crippen MR) is 45.8 cm³/mol. The molecule has 1 aromatic carbocycles. The summed E-state index contributed by atoms with van der Waals surface area (Å²) >= 11 is 0. The lowest BCUT2D eigenvalue weighted by atomic mass is 10.1. The highest BCUT2D eigenvalue weighted by molar-refractivity contribution is 5.34. The number of ether oxygens (including phenoxy) is 2. The maximum Gasteiger partial charge on any atom is 0.186 e. The number of nitrogens with zero attached hydrogens (tertiary/aromatic N) is 1. The zero-order valence-corrected chi connectivity index (χ0v) is 7.37. The van der Waals surface area contributed by atoms with E-state index >= 15 is 0 Å². The molecule has 0 unspecified atom stereocenters. The zero-order valence-electron chi connectivity index (χ0n) is 7.37. The number of benzene rings is 1. The van der Waals surface area contributed by atoms with E-state index in [1.54, 1.807) is 0 Å². The van der Waals surface area contributed by atoms with E-state index in [9.17, 15) is 4.39 Å². The van der Waals surface area contributed by atoms with E-state index in [0.29, 0.717) is 24.3 Å². The molecule has 0 atom stereocenters. The van der Waals surface area contributed by atoms with Crippen molar-refractivity contribution < 1.29 is 13.9 Å². The molecule has 14 heavy (non-hydrogen) atoms. The van der Waals surface area contributed by atoms with Gasteiger partial charge in [-0.1, -0.05) is 0 Å². The van der Waals surface area contributed by atoms with Crippen molar-refractivity contribution in [2.75, 3.05) is 13.2 Å². The SMILES string of the molecule is N#Cc1ccc(F)c(C2OCCO2)c1. The molecule has 1 fully saturated rings. The Balaban J connectivity index is 2.35. The molecule has 1 saturated heterocycles. The zero-order chi connectivity index (χ0) is 9.97. The van der Waals surface area contributed by atoms with Crippen LogP contribution in [0.25, 0.3) is 0 Å². The van der Waals surface area contributed by atoms with Gasteiger partial charge in [0.15, 0.2) is 6.29 Å². The maximum absolute atomic E-state index is 13.3. The molecule has 0 N–H and O–H groups in total. The molecule has 0 aromatic heterocycles. The highest BCUT2D eigenvalue weighted by Crippen LogP contribution is 2.26. The first-order chi connectivity index (χ1) is 6.81. The summed E-state index contributed by atoms with van der Waals surface area (Å²) in [5.74, 6) is -0.407. The van der Waals surface area contributed by atoms with Crippen LogP contribution in [0.15, 0.2) is 18.2 Å². The van der Waals surface area contributed by atoms with Crippen LogP contribution in [0.2, 0.25) is 0 Å². The minimum atomic E-state index is -0.664. The van der Waals surface area contributed by atoms with E-state index in [-0.39, 0.29) is 0 Å². The summed E-state index contributed by atoms with van der Waals surface area (Å²) in [6.45, 7) is 0.918. The third-order valence-corrected chi connectivity index (χ3v) is 2.00. The summed E-state index contributed by atoms with van der Waals surface area (Å²) in [7, 11) is 0. The van der Waals surface area contributed by atoms with Gasteiger partial charge in [-0.2, -0.15) is 5.26 Å². The fourth-order valence-electron chi connectivity index (χ4n) is 1.33. The largest absolute Gasteiger partial charge is 0.346 e. The van der Waals surface area contributed by atoms with Gasteiger partial charge in [-0.3, -0.25) is 0 Å². The average molecular weight is 193 g/mol. The fraction of sp³-hybridized carbons (Fsp3) is 0.300. The Labute approximate surface area is 80.7 Å². The monoisotopic (exact) mass is 193 g/mol. The molecule has 4 heteroatoms. The van der Waals surface area contributed by atoms with Gasteiger partial charge in [0.25, 0.3) is 0 Å². The van der Waals surface area contributed by atoms with Gasteiger partial charge in [0, 0.05) is 5.56 Å². The van der Waals surface area contributed by atoms with Crippen LogP contribution in [0.5, 0.6) is 0 Å². The summed E-state index contributed by atoms with van der Waals surface area (Å²) < 4.78 is 23.6. The molecule has 72 valence electrons. The number of halogens is 1. The first kappa shape index (κ1) is 9.13. The minimum absolute atomic E-state index is 0.293. The van der Waals surface area contributed by atoms with Crippen molar-refractivity contribution in [3.8, 4) is 6.07 Å². The second-order valence-electron chi connectivity index (χ2n) is 2.92. The molecule has 1 heterocycles. The van der Waals surface area contributed by atoms with Crippen LogP contribution in [-0.4, -0.2) is 13.2 Å². The Morgan fingerprint density at radius 3 is 2.71 bits per heavy atom. The van der Waals surface area contributed by atoms with E-state index in [1.165, 1.54) is 18.2 Å². The number of hydrogen-bond acceptors (Lipinski definition) is 3. The Hall–Kier alpha value is -1.44. The van der Waals surface area contributed by atoms with Crippen LogP contribution in [0.3, 0.4) is 0 Å². The van der Waals surface area contributed by atoms with Crippen LogP contribution < -0.4 is 0 Å². The lowest BCUT2D eigenvalue weighted by Crippen LogP contribution is -2.01. The summed E-state index contributed by atoms with van der Waals surface area (Å²) in [5, 5.41) is 8.64. The van der Waals surface area contributed by atoms with Crippen LogP contribution in [0, 0.1) is 17.1 Å². The van der Waals surface area contributed by atoms with Gasteiger partial charge in [0.05, 0.1) is 24.8 Å². The third-order valence-electron chi connectivity index (χ3n) is 2.00. The molecule has 3 nitrogen and oxygen atoms in total. The van der Waals surface area contributed by atoms with Crippen molar-refractivity contribution >= 4 is 0 Å². The van der Waals surface area contributed by atoms with Crippen molar-refractivity contribution in [1.82, 2.24) is 0 Å². The molecular formula is C10H8FNO2. The topological polar surface area (TPSA) is 42.2 Å². The first-order valence-electron chi connectivity index (χ1n) is 4.24. The summed E-state index contributed by atoms with van der Waals surface area (Å²) in [5.41, 5.74) is 0.696. The molecule has 0 spiro atoms. The standard InChI is InChI=1S/C10H8FNO2/c11-9-2-1-7(6-12)5-8(9)10-13-3-4-14-10/h1-2,5,10H,3-4H2. The van der Waals surface area contributed by atoms with E-state index in [0.717, 1.165) is 0 Å². The molecule has 1 aliphatic rings. The van der Waals surface area contributed by atoms with Crippen molar-refractivity contribution in [2.45, 2.75) is 6.29 Å². The molecule has 0 amide bonds. The molecule has 0 saturated carbocycles. The Morgan fingerprint density at radius 1 is 1.36 bits per heavy atom. The lowest BCUT2D eigenvalue weighted by Gasteiger charge is -2.10. The van der Waals surface area contributed by atoms with Crippen LogP contribution in [-0.2, 0) is 9.47 Å². The van der Waals surface area contributed by atoms with E-state index in [4.69, 9.17) is 14.7 Å². The Morgan fingerprint density at radius 2 is 2.07 bits per heavy atom. The molecule has 0 bridgehead atoms. The summed E-state index contributed by atoms with van der Waals surface area (Å²) in [4.78, 5) is 0. The van der Waals surface area contributed by atoms with Gasteiger partial charge in [-0.15, -0.1) is 0 Å². The van der Waals surface area contributed by atoms with Gasteiger partial charge in [-0.05, 0) is 18.2 Å². The lowest BCUT2D eigenvalue weighted by molar-refractivity contribution is -0.0464. The van der Waals surface area contributed by atoms with Gasteiger partial charge < -0.3 is 9.47 Å². The Bertz CT molecular complexity index is 380. The van der Waals surface area contributed by atoms with Gasteiger partial charge >= 0.3 is 0 Å². The van der Waals surface area contributed by atoms with Crippen molar-refractivity contribution in [2.24, 2.45) is 0 Å². The normalized spacial score (nSPS) is 16.9. The quantitative estimate of drug-likeness (QED) is 0.682. The molecule has 1 aliphatic heterocycles. The average Bonchev–Trinajstić information content (AvgIpc) is 2.71. The van der Waals surface area contributed by atoms with Crippen molar-refractivity contribution in [3.63, 3.8) is 0 Å². The fourth-order valence-corrected chi connectivity index (χ4v) is 1.33. The molecule has 0 aliphatic carbocycles. The highest BCUT2D eigenvalue weighted by atomic mass is 19.1. The van der Waals surface area contributed by atoms with Crippen molar-refractivity contribution in [1.29, 1.82) is 5.26 Å². The smallest absolute Gasteiger partial charge is 0.186 e. The van der Waals surface area contributed by atoms with Crippen molar-refractivity contribution in [3.05, 3.63) is 35.1 Å². The van der Waals surface area contributed by atoms with Gasteiger partial charge in [0.2, 0.25) is 0 Å². The van der Waals surface area contributed by atoms with Gasteiger partial charge in [0.1, 0.15) is 5.82 Å². The van der Waals surface area contributed by atoms with Crippen LogP contribution in [0.4, 0.5) is 4.39 Å². The molecule has 1 aromatic rings. The highest BCUT2D eigenvalue weighted by Gasteiger charge is 2.21. The van der Waals surface area contributed by atoms with Crippen LogP contribution in [0.1, 0.15) is 17.4 Å². The van der Waals surface area contributed by atoms with E-state index in [2.05, 4.69) is 0 Å². The number of nitriles is 1. The summed E-state index contributed by atoms with van der Waals surface area (Å²) in [6, 6.07) is 6.06. The second kappa shape index (κ2) is 3.74. The number of rotatable bonds is 1. The second-order valence-corrected chi connectivity index (χ2v) is 2.92. The number of hydrogen-bond donors (Lipinski definition) is 0. The Kier molecular flexibility index (Phi) is 2.44. The minimum Gasteiger partial charge on any atom is -0.346 e. The first-order valence-corrected chi connectivity index (χ1v) is 4.24. The molecule has 2 rings (SSSR count).